The topological polar surface area (TPSA) is 66.9 Å². The molecule has 0 spiro atoms. The number of ether oxygens (including phenoxy) is 1. The standard InChI is InChI=1S/C26H33ClN2O4S/c1-2-33-25-9-8-23(19-24(25)27)34(31,32)29-16-12-22(13-17-29)26(30)28-14-10-21(11-15-28)18-20-6-4-3-5-7-20/h3-9,19,21-22H,2,10-18H2,1H3. The number of benzene rings is 2. The molecule has 0 unspecified atom stereocenters. The zero-order valence-electron chi connectivity index (χ0n) is 19.7. The third-order valence-electron chi connectivity index (χ3n) is 6.94. The van der Waals surface area contributed by atoms with E-state index in [-0.39, 0.29) is 21.7 Å². The number of rotatable bonds is 7. The van der Waals surface area contributed by atoms with Gasteiger partial charge in [-0.3, -0.25) is 4.79 Å². The van der Waals surface area contributed by atoms with Crippen molar-refractivity contribution in [3.63, 3.8) is 0 Å². The lowest BCUT2D eigenvalue weighted by atomic mass is 9.89. The van der Waals surface area contributed by atoms with Gasteiger partial charge >= 0.3 is 0 Å². The van der Waals surface area contributed by atoms with Crippen molar-refractivity contribution in [3.05, 3.63) is 59.1 Å². The van der Waals surface area contributed by atoms with Crippen molar-refractivity contribution in [2.75, 3.05) is 32.8 Å². The Balaban J connectivity index is 1.29. The van der Waals surface area contributed by atoms with Crippen molar-refractivity contribution < 1.29 is 17.9 Å². The maximum absolute atomic E-state index is 13.1. The minimum Gasteiger partial charge on any atom is -0.492 e. The number of halogens is 1. The monoisotopic (exact) mass is 504 g/mol. The Labute approximate surface area is 207 Å². The minimum absolute atomic E-state index is 0.110. The summed E-state index contributed by atoms with van der Waals surface area (Å²) in [7, 11) is -3.66. The third kappa shape index (κ3) is 5.75. The highest BCUT2D eigenvalue weighted by Gasteiger charge is 2.35. The number of hydrogen-bond acceptors (Lipinski definition) is 4. The molecule has 0 aliphatic carbocycles. The molecule has 0 saturated carbocycles. The van der Waals surface area contributed by atoms with Crippen LogP contribution in [-0.2, 0) is 21.2 Å². The second kappa shape index (κ2) is 11.1. The molecule has 2 fully saturated rings. The van der Waals surface area contributed by atoms with Crippen LogP contribution in [0.15, 0.2) is 53.4 Å². The molecule has 2 aliphatic rings. The molecule has 0 bridgehead atoms. The smallest absolute Gasteiger partial charge is 0.243 e. The zero-order valence-corrected chi connectivity index (χ0v) is 21.2. The number of amides is 1. The third-order valence-corrected chi connectivity index (χ3v) is 9.13. The van der Waals surface area contributed by atoms with Gasteiger partial charge in [-0.2, -0.15) is 4.31 Å². The quantitative estimate of drug-likeness (QED) is 0.551. The molecule has 2 heterocycles. The molecule has 0 N–H and O–H groups in total. The molecule has 2 saturated heterocycles. The fraction of sp³-hybridized carbons (Fsp3) is 0.500. The van der Waals surface area contributed by atoms with Crippen LogP contribution in [0.25, 0.3) is 0 Å². The lowest BCUT2D eigenvalue weighted by Crippen LogP contribution is -2.46. The lowest BCUT2D eigenvalue weighted by Gasteiger charge is -2.37. The first kappa shape index (κ1) is 25.0. The number of carbonyl (C=O) groups is 1. The van der Waals surface area contributed by atoms with E-state index in [4.69, 9.17) is 16.3 Å². The van der Waals surface area contributed by atoms with Crippen LogP contribution in [0.3, 0.4) is 0 Å². The second-order valence-electron chi connectivity index (χ2n) is 9.16. The van der Waals surface area contributed by atoms with E-state index in [1.807, 2.05) is 17.9 Å². The van der Waals surface area contributed by atoms with Gasteiger partial charge in [0.15, 0.2) is 0 Å². The first-order chi connectivity index (χ1) is 16.4. The average molecular weight is 505 g/mol. The van der Waals surface area contributed by atoms with E-state index in [9.17, 15) is 13.2 Å². The zero-order chi connectivity index (χ0) is 24.1. The number of carbonyl (C=O) groups excluding carboxylic acids is 1. The van der Waals surface area contributed by atoms with Crippen LogP contribution in [0.2, 0.25) is 5.02 Å². The lowest BCUT2D eigenvalue weighted by molar-refractivity contribution is -0.138. The number of hydrogen-bond donors (Lipinski definition) is 0. The molecule has 4 rings (SSSR count). The van der Waals surface area contributed by atoms with Gasteiger partial charge in [-0.05, 0) is 68.7 Å². The molecule has 2 aliphatic heterocycles. The highest BCUT2D eigenvalue weighted by Crippen LogP contribution is 2.31. The van der Waals surface area contributed by atoms with Gasteiger partial charge in [0.25, 0.3) is 0 Å². The van der Waals surface area contributed by atoms with Crippen LogP contribution in [0.4, 0.5) is 0 Å². The molecule has 2 aromatic carbocycles. The van der Waals surface area contributed by atoms with Crippen LogP contribution in [0.5, 0.6) is 5.75 Å². The van der Waals surface area contributed by atoms with Gasteiger partial charge < -0.3 is 9.64 Å². The first-order valence-corrected chi connectivity index (χ1v) is 14.0. The number of sulfonamides is 1. The Hall–Kier alpha value is -2.09. The van der Waals surface area contributed by atoms with Crippen LogP contribution in [0.1, 0.15) is 38.2 Å². The van der Waals surface area contributed by atoms with Gasteiger partial charge in [0.05, 0.1) is 16.5 Å². The van der Waals surface area contributed by atoms with Crippen LogP contribution < -0.4 is 4.74 Å². The number of piperidine rings is 2. The number of nitrogens with zero attached hydrogens (tertiary/aromatic N) is 2. The molecule has 184 valence electrons. The summed E-state index contributed by atoms with van der Waals surface area (Å²) >= 11 is 6.20. The van der Waals surface area contributed by atoms with E-state index in [0.717, 1.165) is 32.4 Å². The Bertz CT molecular complexity index is 1080. The van der Waals surface area contributed by atoms with Crippen LogP contribution >= 0.6 is 11.6 Å². The molecule has 34 heavy (non-hydrogen) atoms. The van der Waals surface area contributed by atoms with Crippen LogP contribution in [-0.4, -0.2) is 56.3 Å². The van der Waals surface area contributed by atoms with Crippen molar-refractivity contribution in [2.24, 2.45) is 11.8 Å². The van der Waals surface area contributed by atoms with Gasteiger partial charge in [0, 0.05) is 32.1 Å². The SMILES string of the molecule is CCOc1ccc(S(=O)(=O)N2CCC(C(=O)N3CCC(Cc4ccccc4)CC3)CC2)cc1Cl. The summed E-state index contributed by atoms with van der Waals surface area (Å²) in [5, 5.41) is 0.281. The first-order valence-electron chi connectivity index (χ1n) is 12.1. The van der Waals surface area contributed by atoms with E-state index in [1.165, 1.54) is 22.0 Å². The fourth-order valence-electron chi connectivity index (χ4n) is 4.97. The Morgan fingerprint density at radius 1 is 1.00 bits per heavy atom. The van der Waals surface area contributed by atoms with E-state index < -0.39 is 10.0 Å². The van der Waals surface area contributed by atoms with Crippen molar-refractivity contribution in [1.29, 1.82) is 0 Å². The molecular weight excluding hydrogens is 472 g/mol. The van der Waals surface area contributed by atoms with Gasteiger partial charge in [0.1, 0.15) is 5.75 Å². The number of likely N-dealkylation sites (tertiary alicyclic amines) is 1. The Morgan fingerprint density at radius 3 is 2.29 bits per heavy atom. The summed E-state index contributed by atoms with van der Waals surface area (Å²) in [5.74, 6) is 1.15. The summed E-state index contributed by atoms with van der Waals surface area (Å²) in [6.07, 6.45) is 4.20. The average Bonchev–Trinajstić information content (AvgIpc) is 2.86. The summed E-state index contributed by atoms with van der Waals surface area (Å²) < 4.78 is 33.1. The Morgan fingerprint density at radius 2 is 1.68 bits per heavy atom. The largest absolute Gasteiger partial charge is 0.492 e. The highest BCUT2D eigenvalue weighted by molar-refractivity contribution is 7.89. The van der Waals surface area contributed by atoms with E-state index >= 15 is 0 Å². The molecule has 0 atom stereocenters. The fourth-order valence-corrected chi connectivity index (χ4v) is 6.77. The van der Waals surface area contributed by atoms with Crippen molar-refractivity contribution in [1.82, 2.24) is 9.21 Å². The van der Waals surface area contributed by atoms with E-state index in [1.54, 1.807) is 6.07 Å². The van der Waals surface area contributed by atoms with Gasteiger partial charge in [0.2, 0.25) is 15.9 Å². The molecule has 0 radical (unpaired) electrons. The highest BCUT2D eigenvalue weighted by atomic mass is 35.5. The minimum atomic E-state index is -3.66. The molecule has 8 heteroatoms. The van der Waals surface area contributed by atoms with Crippen molar-refractivity contribution in [3.8, 4) is 5.75 Å². The van der Waals surface area contributed by atoms with Crippen molar-refractivity contribution in [2.45, 2.75) is 43.9 Å². The molecule has 6 nitrogen and oxygen atoms in total. The molecule has 1 amide bonds. The predicted octanol–water partition coefficient (Wildman–Crippen LogP) is 4.62. The van der Waals surface area contributed by atoms with Crippen molar-refractivity contribution >= 4 is 27.5 Å². The summed E-state index contributed by atoms with van der Waals surface area (Å²) in [5.41, 5.74) is 1.36. The normalized spacial score (nSPS) is 18.7. The summed E-state index contributed by atoms with van der Waals surface area (Å²) in [6, 6.07) is 15.1. The summed E-state index contributed by atoms with van der Waals surface area (Å²) in [6.45, 7) is 4.57. The van der Waals surface area contributed by atoms with Crippen LogP contribution in [0, 0.1) is 11.8 Å². The molecular formula is C26H33ClN2O4S. The summed E-state index contributed by atoms with van der Waals surface area (Å²) in [4.78, 5) is 15.3. The Kier molecular flexibility index (Phi) is 8.17. The maximum atomic E-state index is 13.1. The van der Waals surface area contributed by atoms with Gasteiger partial charge in [-0.25, -0.2) is 8.42 Å². The van der Waals surface area contributed by atoms with Gasteiger partial charge in [-0.15, -0.1) is 0 Å². The van der Waals surface area contributed by atoms with Gasteiger partial charge in [-0.1, -0.05) is 41.9 Å². The van der Waals surface area contributed by atoms with E-state index in [0.29, 0.717) is 44.2 Å². The second-order valence-corrected chi connectivity index (χ2v) is 11.5. The molecule has 0 aromatic heterocycles. The molecule has 2 aromatic rings. The van der Waals surface area contributed by atoms with E-state index in [2.05, 4.69) is 24.3 Å². The predicted molar refractivity (Wildman–Crippen MR) is 134 cm³/mol. The maximum Gasteiger partial charge on any atom is 0.243 e.